The van der Waals surface area contributed by atoms with Gasteiger partial charge in [-0.15, -0.1) is 12.4 Å². The Balaban J connectivity index is 0.00000169. The second kappa shape index (κ2) is 4.59. The van der Waals surface area contributed by atoms with Gasteiger partial charge in [-0.3, -0.25) is 4.98 Å². The number of aromatic carboxylic acids is 1. The molecule has 5 nitrogen and oxygen atoms in total. The van der Waals surface area contributed by atoms with Gasteiger partial charge in [0, 0.05) is 23.1 Å². The largest absolute Gasteiger partial charge is 0.478 e. The molecule has 0 aliphatic heterocycles. The average Bonchev–Trinajstić information content (AvgIpc) is 2.03. The first-order valence-electron chi connectivity index (χ1n) is 3.04. The van der Waals surface area contributed by atoms with Crippen molar-refractivity contribution in [2.45, 2.75) is 4.90 Å². The zero-order valence-electron chi connectivity index (χ0n) is 6.55. The number of carboxylic acid groups (broad SMARTS) is 1. The summed E-state index contributed by atoms with van der Waals surface area (Å²) in [4.78, 5) is 13.5. The fraction of sp³-hybridized carbons (Fsp3) is 0. The lowest BCUT2D eigenvalue weighted by Crippen LogP contribution is -2.00. The van der Waals surface area contributed by atoms with Crippen molar-refractivity contribution in [2.75, 3.05) is 0 Å². The van der Waals surface area contributed by atoms with E-state index in [0.717, 1.165) is 18.5 Å². The van der Waals surface area contributed by atoms with E-state index in [4.69, 9.17) is 15.8 Å². The number of nitrogens with zero attached hydrogens (tertiary/aromatic N) is 1. The summed E-state index contributed by atoms with van der Waals surface area (Å²) in [7, 11) is 1.06. The Hall–Kier alpha value is -0.850. The Labute approximate surface area is 90.6 Å². The lowest BCUT2D eigenvalue weighted by molar-refractivity contribution is 0.0696. The molecular formula is C6H5Cl2NO4S. The molecule has 0 saturated carbocycles. The summed E-state index contributed by atoms with van der Waals surface area (Å²) >= 11 is 0. The van der Waals surface area contributed by atoms with E-state index >= 15 is 0 Å². The van der Waals surface area contributed by atoms with Gasteiger partial charge in [0.05, 0.1) is 5.56 Å². The molecule has 0 atom stereocenters. The van der Waals surface area contributed by atoms with Gasteiger partial charge in [0.15, 0.2) is 0 Å². The van der Waals surface area contributed by atoms with E-state index in [2.05, 4.69) is 4.98 Å². The van der Waals surface area contributed by atoms with Gasteiger partial charge in [-0.05, 0) is 6.07 Å². The van der Waals surface area contributed by atoms with Crippen LogP contribution in [0.25, 0.3) is 0 Å². The number of carboxylic acids is 1. The molecule has 1 rings (SSSR count). The molecule has 0 radical (unpaired) electrons. The van der Waals surface area contributed by atoms with Crippen molar-refractivity contribution in [2.24, 2.45) is 0 Å². The Morgan fingerprint density at radius 3 is 2.43 bits per heavy atom. The third kappa shape index (κ3) is 3.13. The van der Waals surface area contributed by atoms with Gasteiger partial charge in [0.1, 0.15) is 4.90 Å². The maximum atomic E-state index is 10.7. The molecule has 78 valence electrons. The zero-order chi connectivity index (χ0) is 10.1. The van der Waals surface area contributed by atoms with Crippen LogP contribution in [0.4, 0.5) is 0 Å². The number of aromatic nitrogens is 1. The highest BCUT2D eigenvalue weighted by Crippen LogP contribution is 2.14. The predicted molar refractivity (Wildman–Crippen MR) is 51.5 cm³/mol. The van der Waals surface area contributed by atoms with E-state index in [1.54, 1.807) is 0 Å². The molecule has 0 amide bonds. The van der Waals surface area contributed by atoms with Gasteiger partial charge in [-0.25, -0.2) is 13.2 Å². The van der Waals surface area contributed by atoms with Crippen molar-refractivity contribution >= 4 is 38.1 Å². The lowest BCUT2D eigenvalue weighted by atomic mass is 10.3. The highest BCUT2D eigenvalue weighted by atomic mass is 35.7. The van der Waals surface area contributed by atoms with E-state index in [1.165, 1.54) is 0 Å². The van der Waals surface area contributed by atoms with Crippen LogP contribution in [0, 0.1) is 0 Å². The fourth-order valence-corrected chi connectivity index (χ4v) is 1.38. The van der Waals surface area contributed by atoms with Crippen molar-refractivity contribution in [1.29, 1.82) is 0 Å². The Morgan fingerprint density at radius 2 is 2.00 bits per heavy atom. The van der Waals surface area contributed by atoms with Crippen molar-refractivity contribution in [3.8, 4) is 0 Å². The Kier molecular flexibility index (Phi) is 4.31. The molecule has 14 heavy (non-hydrogen) atoms. The monoisotopic (exact) mass is 257 g/mol. The topological polar surface area (TPSA) is 84.3 Å². The molecule has 1 aromatic rings. The number of halogens is 2. The summed E-state index contributed by atoms with van der Waals surface area (Å²) in [6, 6.07) is 0.942. The van der Waals surface area contributed by atoms with Crippen LogP contribution in [-0.2, 0) is 9.05 Å². The molecule has 1 N–H and O–H groups in total. The molecule has 1 heterocycles. The van der Waals surface area contributed by atoms with Gasteiger partial charge in [0.2, 0.25) is 0 Å². The van der Waals surface area contributed by atoms with E-state index in [9.17, 15) is 13.2 Å². The van der Waals surface area contributed by atoms with Crippen LogP contribution in [0.1, 0.15) is 10.4 Å². The van der Waals surface area contributed by atoms with Gasteiger partial charge in [-0.2, -0.15) is 0 Å². The predicted octanol–water partition coefficient (Wildman–Crippen LogP) is 1.13. The number of hydrogen-bond donors (Lipinski definition) is 1. The van der Waals surface area contributed by atoms with Crippen LogP contribution >= 0.6 is 23.1 Å². The van der Waals surface area contributed by atoms with Crippen LogP contribution in [0.3, 0.4) is 0 Å². The molecule has 0 aliphatic rings. The van der Waals surface area contributed by atoms with E-state index in [-0.39, 0.29) is 22.9 Å². The zero-order valence-corrected chi connectivity index (χ0v) is 8.93. The van der Waals surface area contributed by atoms with Crippen LogP contribution in [0.15, 0.2) is 23.4 Å². The smallest absolute Gasteiger partial charge is 0.337 e. The first-order valence-corrected chi connectivity index (χ1v) is 5.35. The first-order chi connectivity index (χ1) is 5.91. The Morgan fingerprint density at radius 1 is 1.43 bits per heavy atom. The maximum Gasteiger partial charge on any atom is 0.337 e. The summed E-state index contributed by atoms with van der Waals surface area (Å²) in [6.45, 7) is 0. The molecule has 0 aromatic carbocycles. The second-order valence-electron chi connectivity index (χ2n) is 2.15. The van der Waals surface area contributed by atoms with Crippen LogP contribution in [-0.4, -0.2) is 24.5 Å². The minimum atomic E-state index is -3.91. The summed E-state index contributed by atoms with van der Waals surface area (Å²) in [5.41, 5.74) is -0.221. The quantitative estimate of drug-likeness (QED) is 0.803. The highest BCUT2D eigenvalue weighted by molar-refractivity contribution is 8.13. The van der Waals surface area contributed by atoms with Gasteiger partial charge in [0.25, 0.3) is 9.05 Å². The molecule has 0 spiro atoms. The molecule has 0 fully saturated rings. The van der Waals surface area contributed by atoms with Crippen molar-refractivity contribution in [1.82, 2.24) is 4.98 Å². The molecule has 8 heteroatoms. The van der Waals surface area contributed by atoms with Gasteiger partial charge < -0.3 is 5.11 Å². The van der Waals surface area contributed by atoms with Gasteiger partial charge in [-0.1, -0.05) is 0 Å². The molecule has 0 saturated heterocycles. The van der Waals surface area contributed by atoms with Crippen molar-refractivity contribution in [3.63, 3.8) is 0 Å². The molecule has 0 unspecified atom stereocenters. The number of hydrogen-bond acceptors (Lipinski definition) is 4. The highest BCUT2D eigenvalue weighted by Gasteiger charge is 2.13. The van der Waals surface area contributed by atoms with Crippen molar-refractivity contribution in [3.05, 3.63) is 24.0 Å². The second-order valence-corrected chi connectivity index (χ2v) is 4.72. The normalized spacial score (nSPS) is 10.4. The molecular weight excluding hydrogens is 253 g/mol. The van der Waals surface area contributed by atoms with Crippen LogP contribution in [0.5, 0.6) is 0 Å². The first kappa shape index (κ1) is 13.2. The fourth-order valence-electron chi connectivity index (χ4n) is 0.669. The van der Waals surface area contributed by atoms with Gasteiger partial charge >= 0.3 is 5.97 Å². The third-order valence-corrected chi connectivity index (χ3v) is 2.56. The van der Waals surface area contributed by atoms with Crippen LogP contribution in [0.2, 0.25) is 0 Å². The van der Waals surface area contributed by atoms with Crippen molar-refractivity contribution < 1.29 is 18.3 Å². The summed E-state index contributed by atoms with van der Waals surface area (Å²) in [5, 5.41) is 8.50. The molecule has 0 aliphatic carbocycles. The third-order valence-electron chi connectivity index (χ3n) is 1.24. The SMILES string of the molecule is Cl.O=C(O)c1cncc(S(=O)(=O)Cl)c1. The average molecular weight is 258 g/mol. The standard InChI is InChI=1S/C6H4ClNO4S.ClH/c7-13(11,12)5-1-4(6(9)10)2-8-3-5;/h1-3H,(H,9,10);1H. The number of pyridine rings is 1. The summed E-state index contributed by atoms with van der Waals surface area (Å²) in [5.74, 6) is -1.25. The van der Waals surface area contributed by atoms with E-state index in [0.29, 0.717) is 0 Å². The Bertz CT molecular complexity index is 445. The molecule has 0 bridgehead atoms. The summed E-state index contributed by atoms with van der Waals surface area (Å²) in [6.07, 6.45) is 2.02. The van der Waals surface area contributed by atoms with E-state index in [1.807, 2.05) is 0 Å². The minimum Gasteiger partial charge on any atom is -0.478 e. The lowest BCUT2D eigenvalue weighted by Gasteiger charge is -1.96. The van der Waals surface area contributed by atoms with E-state index < -0.39 is 15.0 Å². The number of carbonyl (C=O) groups is 1. The maximum absolute atomic E-state index is 10.7. The summed E-state index contributed by atoms with van der Waals surface area (Å²) < 4.78 is 21.5. The van der Waals surface area contributed by atoms with Crippen LogP contribution < -0.4 is 0 Å². The number of rotatable bonds is 2. The molecule has 1 aromatic heterocycles. The minimum absolute atomic E-state index is 0.